The van der Waals surface area contributed by atoms with Crippen LogP contribution in [0.1, 0.15) is 44.9 Å². The standard InChI is InChI=1S/C16H24N2O2S/c19-15(17-14(10-4-5-10)11-6-7-11)13-8-21-9-18(13)16(20)12-2-1-3-12/h10-14H,1-9H2,(H,17,19). The molecule has 1 saturated heterocycles. The Balaban J connectivity index is 1.38. The third kappa shape index (κ3) is 2.81. The first-order valence-electron chi connectivity index (χ1n) is 8.42. The lowest BCUT2D eigenvalue weighted by molar-refractivity contribution is -0.143. The number of rotatable bonds is 5. The molecule has 3 saturated carbocycles. The number of hydrogen-bond donors (Lipinski definition) is 1. The number of nitrogens with zero attached hydrogens (tertiary/aromatic N) is 1. The van der Waals surface area contributed by atoms with Crippen molar-refractivity contribution in [3.05, 3.63) is 0 Å². The second-order valence-electron chi connectivity index (χ2n) is 7.16. The van der Waals surface area contributed by atoms with Gasteiger partial charge in [-0.2, -0.15) is 0 Å². The van der Waals surface area contributed by atoms with Crippen molar-refractivity contribution in [2.75, 3.05) is 11.6 Å². The molecule has 0 spiro atoms. The van der Waals surface area contributed by atoms with E-state index in [2.05, 4.69) is 5.32 Å². The molecule has 2 amide bonds. The van der Waals surface area contributed by atoms with Crippen molar-refractivity contribution in [1.29, 1.82) is 0 Å². The van der Waals surface area contributed by atoms with Crippen LogP contribution in [0.3, 0.4) is 0 Å². The number of amides is 2. The highest BCUT2D eigenvalue weighted by molar-refractivity contribution is 7.99. The first-order chi connectivity index (χ1) is 10.2. The maximum Gasteiger partial charge on any atom is 0.243 e. The third-order valence-corrected chi connectivity index (χ3v) is 6.50. The zero-order chi connectivity index (χ0) is 14.4. The third-order valence-electron chi connectivity index (χ3n) is 5.49. The molecule has 1 heterocycles. The second-order valence-corrected chi connectivity index (χ2v) is 8.16. The van der Waals surface area contributed by atoms with Crippen LogP contribution in [0.2, 0.25) is 0 Å². The van der Waals surface area contributed by atoms with Gasteiger partial charge in [-0.3, -0.25) is 9.59 Å². The zero-order valence-corrected chi connectivity index (χ0v) is 13.2. The summed E-state index contributed by atoms with van der Waals surface area (Å²) < 4.78 is 0. The Bertz CT molecular complexity index is 432. The monoisotopic (exact) mass is 308 g/mol. The van der Waals surface area contributed by atoms with Crippen LogP contribution in [0, 0.1) is 17.8 Å². The Morgan fingerprint density at radius 1 is 1.05 bits per heavy atom. The molecular weight excluding hydrogens is 284 g/mol. The summed E-state index contributed by atoms with van der Waals surface area (Å²) in [5, 5.41) is 3.30. The Labute approximate surface area is 130 Å². The van der Waals surface area contributed by atoms with Gasteiger partial charge in [-0.15, -0.1) is 11.8 Å². The number of nitrogens with one attached hydrogen (secondary N) is 1. The summed E-state index contributed by atoms with van der Waals surface area (Å²) in [6, 6.07) is 0.173. The smallest absolute Gasteiger partial charge is 0.243 e. The normalized spacial score (nSPS) is 29.6. The van der Waals surface area contributed by atoms with Gasteiger partial charge in [-0.05, 0) is 50.4 Å². The summed E-state index contributed by atoms with van der Waals surface area (Å²) in [5.41, 5.74) is 0. The van der Waals surface area contributed by atoms with Crippen LogP contribution < -0.4 is 5.32 Å². The summed E-state index contributed by atoms with van der Waals surface area (Å²) in [6.45, 7) is 0. The van der Waals surface area contributed by atoms with E-state index in [1.54, 1.807) is 11.8 Å². The van der Waals surface area contributed by atoms with E-state index in [1.165, 1.54) is 32.1 Å². The van der Waals surface area contributed by atoms with Gasteiger partial charge in [-0.25, -0.2) is 0 Å². The number of hydrogen-bond acceptors (Lipinski definition) is 3. The largest absolute Gasteiger partial charge is 0.351 e. The minimum absolute atomic E-state index is 0.108. The van der Waals surface area contributed by atoms with Gasteiger partial charge in [0.1, 0.15) is 6.04 Å². The lowest BCUT2D eigenvalue weighted by atomic mass is 9.84. The van der Waals surface area contributed by atoms with E-state index in [0.717, 1.165) is 18.6 Å². The van der Waals surface area contributed by atoms with Crippen LogP contribution in [0.5, 0.6) is 0 Å². The lowest BCUT2D eigenvalue weighted by Crippen LogP contribution is -2.52. The summed E-state index contributed by atoms with van der Waals surface area (Å²) in [4.78, 5) is 26.9. The fraction of sp³-hybridized carbons (Fsp3) is 0.875. The maximum atomic E-state index is 12.6. The van der Waals surface area contributed by atoms with Crippen molar-refractivity contribution in [1.82, 2.24) is 10.2 Å². The van der Waals surface area contributed by atoms with Gasteiger partial charge in [0.25, 0.3) is 0 Å². The SMILES string of the molecule is O=C(NC(C1CC1)C1CC1)C1CSCN1C(=O)C1CCC1. The van der Waals surface area contributed by atoms with Crippen LogP contribution in [-0.4, -0.2) is 40.4 Å². The van der Waals surface area contributed by atoms with Gasteiger partial charge >= 0.3 is 0 Å². The van der Waals surface area contributed by atoms with Crippen molar-refractivity contribution < 1.29 is 9.59 Å². The van der Waals surface area contributed by atoms with E-state index >= 15 is 0 Å². The molecule has 1 N–H and O–H groups in total. The molecule has 3 aliphatic carbocycles. The van der Waals surface area contributed by atoms with Gasteiger partial charge in [0.05, 0.1) is 5.88 Å². The summed E-state index contributed by atoms with van der Waals surface area (Å²) in [6.07, 6.45) is 8.27. The molecule has 1 unspecified atom stereocenters. The molecule has 0 aromatic carbocycles. The van der Waals surface area contributed by atoms with E-state index in [9.17, 15) is 9.59 Å². The molecule has 0 radical (unpaired) electrons. The van der Waals surface area contributed by atoms with Gasteiger partial charge in [0.15, 0.2) is 0 Å². The molecule has 21 heavy (non-hydrogen) atoms. The molecule has 4 fully saturated rings. The molecule has 4 rings (SSSR count). The van der Waals surface area contributed by atoms with Crippen molar-refractivity contribution in [2.45, 2.75) is 57.0 Å². The van der Waals surface area contributed by atoms with Gasteiger partial charge in [-0.1, -0.05) is 6.42 Å². The highest BCUT2D eigenvalue weighted by atomic mass is 32.2. The highest BCUT2D eigenvalue weighted by Crippen LogP contribution is 2.44. The first kappa shape index (κ1) is 13.9. The molecule has 5 heteroatoms. The van der Waals surface area contributed by atoms with Gasteiger partial charge in [0, 0.05) is 17.7 Å². The molecule has 116 valence electrons. The van der Waals surface area contributed by atoms with Crippen molar-refractivity contribution in [2.24, 2.45) is 17.8 Å². The predicted molar refractivity (Wildman–Crippen MR) is 82.7 cm³/mol. The molecule has 0 aromatic rings. The van der Waals surface area contributed by atoms with Crippen molar-refractivity contribution >= 4 is 23.6 Å². The minimum Gasteiger partial charge on any atom is -0.351 e. The Morgan fingerprint density at radius 2 is 1.71 bits per heavy atom. The van der Waals surface area contributed by atoms with Crippen molar-refractivity contribution in [3.8, 4) is 0 Å². The van der Waals surface area contributed by atoms with E-state index in [4.69, 9.17) is 0 Å². The molecule has 4 nitrogen and oxygen atoms in total. The van der Waals surface area contributed by atoms with E-state index in [0.29, 0.717) is 23.8 Å². The summed E-state index contributed by atoms with van der Waals surface area (Å²) >= 11 is 1.72. The number of thioether (sulfide) groups is 1. The predicted octanol–water partition coefficient (Wildman–Crippen LogP) is 1.99. The van der Waals surface area contributed by atoms with Crippen LogP contribution in [0.25, 0.3) is 0 Å². The summed E-state index contributed by atoms with van der Waals surface area (Å²) in [7, 11) is 0. The van der Waals surface area contributed by atoms with Crippen LogP contribution in [0.4, 0.5) is 0 Å². The average molecular weight is 308 g/mol. The minimum atomic E-state index is -0.219. The van der Waals surface area contributed by atoms with E-state index < -0.39 is 0 Å². The van der Waals surface area contributed by atoms with Crippen LogP contribution in [0.15, 0.2) is 0 Å². The molecule has 0 aromatic heterocycles. The van der Waals surface area contributed by atoms with E-state index in [-0.39, 0.29) is 23.8 Å². The van der Waals surface area contributed by atoms with Gasteiger partial charge in [0.2, 0.25) is 11.8 Å². The second kappa shape index (κ2) is 5.49. The molecule has 1 atom stereocenters. The van der Waals surface area contributed by atoms with Crippen LogP contribution >= 0.6 is 11.8 Å². The topological polar surface area (TPSA) is 49.4 Å². The average Bonchev–Trinajstić information content (AvgIpc) is 3.32. The Kier molecular flexibility index (Phi) is 3.64. The van der Waals surface area contributed by atoms with Crippen molar-refractivity contribution in [3.63, 3.8) is 0 Å². The Hall–Kier alpha value is -0.710. The molecule has 4 aliphatic rings. The Morgan fingerprint density at radius 3 is 2.24 bits per heavy atom. The number of carbonyl (C=O) groups is 2. The zero-order valence-electron chi connectivity index (χ0n) is 12.4. The van der Waals surface area contributed by atoms with E-state index in [1.807, 2.05) is 4.90 Å². The van der Waals surface area contributed by atoms with Gasteiger partial charge < -0.3 is 10.2 Å². The number of carbonyl (C=O) groups excluding carboxylic acids is 2. The van der Waals surface area contributed by atoms with Crippen LogP contribution in [-0.2, 0) is 9.59 Å². The fourth-order valence-corrected chi connectivity index (χ4v) is 4.72. The molecule has 0 bridgehead atoms. The first-order valence-corrected chi connectivity index (χ1v) is 9.58. The lowest BCUT2D eigenvalue weighted by Gasteiger charge is -2.32. The molecular formula is C16H24N2O2S. The molecule has 1 aliphatic heterocycles. The fourth-order valence-electron chi connectivity index (χ4n) is 3.56. The maximum absolute atomic E-state index is 12.6. The summed E-state index contributed by atoms with van der Waals surface area (Å²) in [5.74, 6) is 3.42. The highest BCUT2D eigenvalue weighted by Gasteiger charge is 2.45. The quantitative estimate of drug-likeness (QED) is 0.845.